The predicted molar refractivity (Wildman–Crippen MR) is 123 cm³/mol. The fraction of sp³-hybridized carbons (Fsp3) is 0.120. The third-order valence-corrected chi connectivity index (χ3v) is 5.72. The molecule has 0 radical (unpaired) electrons. The molecule has 0 saturated heterocycles. The first kappa shape index (κ1) is 22.8. The van der Waals surface area contributed by atoms with Gasteiger partial charge in [0.1, 0.15) is 11.4 Å². The van der Waals surface area contributed by atoms with Crippen molar-refractivity contribution in [1.29, 1.82) is 0 Å². The summed E-state index contributed by atoms with van der Waals surface area (Å²) in [7, 11) is 0. The lowest BCUT2D eigenvalue weighted by atomic mass is 10.0. The van der Waals surface area contributed by atoms with Crippen LogP contribution in [0.25, 0.3) is 22.5 Å². The van der Waals surface area contributed by atoms with E-state index in [2.05, 4.69) is 15.2 Å². The lowest BCUT2D eigenvalue weighted by Gasteiger charge is -2.14. The third-order valence-electron chi connectivity index (χ3n) is 5.47. The number of halogens is 4. The summed E-state index contributed by atoms with van der Waals surface area (Å²) in [5.74, 6) is -1.63. The zero-order chi connectivity index (χ0) is 24.7. The number of hydrogen-bond donors (Lipinski definition) is 0. The molecule has 0 aliphatic heterocycles. The Hall–Kier alpha value is -3.98. The van der Waals surface area contributed by atoms with Gasteiger partial charge in [-0.25, -0.2) is 0 Å². The minimum absolute atomic E-state index is 0.0661. The van der Waals surface area contributed by atoms with Crippen LogP contribution in [0.5, 0.6) is 0 Å². The van der Waals surface area contributed by atoms with Crippen LogP contribution in [-0.2, 0) is 12.7 Å². The molecule has 10 heteroatoms. The topological polar surface area (TPSA) is 73.8 Å². The van der Waals surface area contributed by atoms with E-state index in [1.54, 1.807) is 67.6 Å². The van der Waals surface area contributed by atoms with E-state index in [9.17, 15) is 18.0 Å². The standard InChI is InChI=1S/C25H16ClF3N4O2/c1-14-5-10-19-17(12-14)20(21(34)24-32-31-23(35-24)18-4-2-3-11-30-18)22(25(27,28)29)33(19)13-15-6-8-16(26)9-7-15/h2-12H,13H2,1H3. The molecule has 0 aliphatic rings. The van der Waals surface area contributed by atoms with E-state index in [0.29, 0.717) is 21.8 Å². The minimum atomic E-state index is -4.84. The Balaban J connectivity index is 1.70. The number of benzene rings is 2. The highest BCUT2D eigenvalue weighted by Gasteiger charge is 2.42. The van der Waals surface area contributed by atoms with Gasteiger partial charge in [0.25, 0.3) is 17.6 Å². The summed E-state index contributed by atoms with van der Waals surface area (Å²) >= 11 is 5.93. The van der Waals surface area contributed by atoms with Crippen LogP contribution < -0.4 is 0 Å². The second kappa shape index (κ2) is 8.66. The van der Waals surface area contributed by atoms with Crippen LogP contribution in [-0.4, -0.2) is 25.5 Å². The molecule has 5 rings (SSSR count). The molecule has 6 nitrogen and oxygen atoms in total. The van der Waals surface area contributed by atoms with Crippen LogP contribution in [0.1, 0.15) is 33.1 Å². The Morgan fingerprint density at radius 2 is 1.83 bits per heavy atom. The first-order valence-corrected chi connectivity index (χ1v) is 10.8. The molecule has 176 valence electrons. The van der Waals surface area contributed by atoms with Crippen molar-refractivity contribution in [2.24, 2.45) is 0 Å². The van der Waals surface area contributed by atoms with Crippen LogP contribution in [0.15, 0.2) is 71.3 Å². The largest absolute Gasteiger partial charge is 0.432 e. The number of alkyl halides is 3. The predicted octanol–water partition coefficient (Wildman–Crippen LogP) is 6.35. The second-order valence-corrected chi connectivity index (χ2v) is 8.35. The van der Waals surface area contributed by atoms with Crippen LogP contribution in [0.3, 0.4) is 0 Å². The SMILES string of the molecule is Cc1ccc2c(c1)c(C(=O)c1nnc(-c3ccccn3)o1)c(C(F)(F)F)n2Cc1ccc(Cl)cc1. The number of rotatable bonds is 5. The van der Waals surface area contributed by atoms with Gasteiger partial charge in [-0.15, -0.1) is 10.2 Å². The molecular formula is C25H16ClF3N4O2. The summed E-state index contributed by atoms with van der Waals surface area (Å²) in [6.07, 6.45) is -3.34. The van der Waals surface area contributed by atoms with E-state index < -0.39 is 29.1 Å². The van der Waals surface area contributed by atoms with Gasteiger partial charge in [-0.05, 0) is 48.9 Å². The van der Waals surface area contributed by atoms with Gasteiger partial charge < -0.3 is 8.98 Å². The molecule has 0 atom stereocenters. The van der Waals surface area contributed by atoms with Crippen molar-refractivity contribution in [2.75, 3.05) is 0 Å². The fourth-order valence-corrected chi connectivity index (χ4v) is 4.07. The molecule has 0 bridgehead atoms. The highest BCUT2D eigenvalue weighted by atomic mass is 35.5. The van der Waals surface area contributed by atoms with E-state index in [1.165, 1.54) is 6.20 Å². The Labute approximate surface area is 202 Å². The third kappa shape index (κ3) is 4.30. The second-order valence-electron chi connectivity index (χ2n) is 7.91. The molecule has 3 heterocycles. The molecule has 2 aromatic carbocycles. The van der Waals surface area contributed by atoms with Gasteiger partial charge in [0.05, 0.1) is 5.56 Å². The Morgan fingerprint density at radius 3 is 2.51 bits per heavy atom. The zero-order valence-electron chi connectivity index (χ0n) is 18.2. The Morgan fingerprint density at radius 1 is 1.06 bits per heavy atom. The molecule has 35 heavy (non-hydrogen) atoms. The summed E-state index contributed by atoms with van der Waals surface area (Å²) in [4.78, 5) is 17.5. The van der Waals surface area contributed by atoms with Gasteiger partial charge >= 0.3 is 6.18 Å². The van der Waals surface area contributed by atoms with Crippen LogP contribution in [0, 0.1) is 6.92 Å². The van der Waals surface area contributed by atoms with Crippen molar-refractivity contribution in [3.05, 3.63) is 100 Å². The van der Waals surface area contributed by atoms with Crippen molar-refractivity contribution >= 4 is 28.3 Å². The monoisotopic (exact) mass is 496 g/mol. The molecule has 0 unspecified atom stereocenters. The first-order chi connectivity index (χ1) is 16.7. The van der Waals surface area contributed by atoms with Gasteiger partial charge in [-0.3, -0.25) is 9.78 Å². The molecule has 0 saturated carbocycles. The van der Waals surface area contributed by atoms with Crippen molar-refractivity contribution in [2.45, 2.75) is 19.6 Å². The normalized spacial score (nSPS) is 11.8. The lowest BCUT2D eigenvalue weighted by Crippen LogP contribution is -2.19. The number of nitrogens with zero attached hydrogens (tertiary/aromatic N) is 4. The van der Waals surface area contributed by atoms with Crippen molar-refractivity contribution in [3.8, 4) is 11.6 Å². The molecular weight excluding hydrogens is 481 g/mol. The molecule has 0 fully saturated rings. The maximum atomic E-state index is 14.5. The highest BCUT2D eigenvalue weighted by Crippen LogP contribution is 2.40. The van der Waals surface area contributed by atoms with E-state index in [-0.39, 0.29) is 23.3 Å². The van der Waals surface area contributed by atoms with Crippen LogP contribution >= 0.6 is 11.6 Å². The molecule has 0 amide bonds. The number of aryl methyl sites for hydroxylation is 1. The van der Waals surface area contributed by atoms with Gasteiger partial charge in [-0.2, -0.15) is 13.2 Å². The van der Waals surface area contributed by atoms with Gasteiger partial charge in [0.15, 0.2) is 0 Å². The maximum absolute atomic E-state index is 14.5. The van der Waals surface area contributed by atoms with E-state index in [4.69, 9.17) is 16.0 Å². The average molecular weight is 497 g/mol. The summed E-state index contributed by atoms with van der Waals surface area (Å²) in [5, 5.41) is 8.15. The van der Waals surface area contributed by atoms with Crippen LogP contribution in [0.2, 0.25) is 5.02 Å². The number of carbonyl (C=O) groups is 1. The molecule has 0 N–H and O–H groups in total. The smallest absolute Gasteiger partial charge is 0.412 e. The van der Waals surface area contributed by atoms with Crippen molar-refractivity contribution in [1.82, 2.24) is 19.7 Å². The minimum Gasteiger partial charge on any atom is -0.412 e. The summed E-state index contributed by atoms with van der Waals surface area (Å²) in [6, 6.07) is 16.2. The first-order valence-electron chi connectivity index (χ1n) is 10.5. The summed E-state index contributed by atoms with van der Waals surface area (Å²) in [5.41, 5.74) is 0.217. The lowest BCUT2D eigenvalue weighted by molar-refractivity contribution is -0.143. The van der Waals surface area contributed by atoms with Gasteiger partial charge in [0.2, 0.25) is 0 Å². The van der Waals surface area contributed by atoms with Crippen LogP contribution in [0.4, 0.5) is 13.2 Å². The van der Waals surface area contributed by atoms with E-state index in [0.717, 1.165) is 4.57 Å². The molecule has 0 aliphatic carbocycles. The number of aromatic nitrogens is 4. The highest BCUT2D eigenvalue weighted by molar-refractivity contribution is 6.30. The molecule has 3 aromatic heterocycles. The number of hydrogen-bond acceptors (Lipinski definition) is 5. The van der Waals surface area contributed by atoms with Gasteiger partial charge in [0, 0.05) is 28.7 Å². The van der Waals surface area contributed by atoms with Crippen molar-refractivity contribution in [3.63, 3.8) is 0 Å². The quantitative estimate of drug-likeness (QED) is 0.265. The Bertz CT molecular complexity index is 1540. The summed E-state index contributed by atoms with van der Waals surface area (Å²) < 4.78 is 50.0. The van der Waals surface area contributed by atoms with E-state index >= 15 is 0 Å². The summed E-state index contributed by atoms with van der Waals surface area (Å²) in [6.45, 7) is 1.62. The average Bonchev–Trinajstić information content (AvgIpc) is 3.44. The Kier molecular flexibility index (Phi) is 5.64. The molecule has 5 aromatic rings. The number of carbonyl (C=O) groups excluding carboxylic acids is 1. The zero-order valence-corrected chi connectivity index (χ0v) is 18.9. The maximum Gasteiger partial charge on any atom is 0.432 e. The van der Waals surface area contributed by atoms with E-state index in [1.807, 2.05) is 0 Å². The number of ketones is 1. The molecule has 0 spiro atoms. The number of fused-ring (bicyclic) bond motifs is 1. The fourth-order valence-electron chi connectivity index (χ4n) is 3.94. The van der Waals surface area contributed by atoms with Crippen molar-refractivity contribution < 1.29 is 22.4 Å². The van der Waals surface area contributed by atoms with Gasteiger partial charge in [-0.1, -0.05) is 41.4 Å². The number of pyridine rings is 1.